The lowest BCUT2D eigenvalue weighted by Gasteiger charge is -2.19. The molecule has 34 heavy (non-hydrogen) atoms. The second-order valence-electron chi connectivity index (χ2n) is 8.63. The minimum Gasteiger partial charge on any atom is -0.315 e. The zero-order chi connectivity index (χ0) is 23.3. The van der Waals surface area contributed by atoms with Gasteiger partial charge in [0.15, 0.2) is 0 Å². The van der Waals surface area contributed by atoms with Crippen molar-refractivity contribution in [2.45, 2.75) is 12.8 Å². The normalized spacial score (nSPS) is 14.4. The summed E-state index contributed by atoms with van der Waals surface area (Å²) >= 11 is 0. The van der Waals surface area contributed by atoms with E-state index in [1.54, 1.807) is 0 Å². The van der Waals surface area contributed by atoms with Gasteiger partial charge in [0.1, 0.15) is 5.65 Å². The van der Waals surface area contributed by atoms with Gasteiger partial charge in [0, 0.05) is 37.8 Å². The van der Waals surface area contributed by atoms with E-state index in [1.807, 2.05) is 48.5 Å². The summed E-state index contributed by atoms with van der Waals surface area (Å²) in [6.07, 6.45) is 4.20. The zero-order valence-electron chi connectivity index (χ0n) is 19.0. The van der Waals surface area contributed by atoms with Crippen LogP contribution in [0.15, 0.2) is 66.9 Å². The summed E-state index contributed by atoms with van der Waals surface area (Å²) in [5.74, 6) is 0. The first-order chi connectivity index (χ1) is 16.7. The third-order valence-corrected chi connectivity index (χ3v) is 6.45. The first kappa shape index (κ1) is 21.9. The van der Waals surface area contributed by atoms with E-state index < -0.39 is 0 Å². The third-order valence-electron chi connectivity index (χ3n) is 6.45. The summed E-state index contributed by atoms with van der Waals surface area (Å²) in [6.45, 7) is 5.24. The SMILES string of the molecule is N#Cc1ccc(-c2ccc3nc(-c4ccc(C#N)cc4)c(CCN4CCCNCC4)n3c2)cc1. The van der Waals surface area contributed by atoms with Gasteiger partial charge < -0.3 is 14.6 Å². The van der Waals surface area contributed by atoms with Gasteiger partial charge in [-0.3, -0.25) is 0 Å². The number of rotatable bonds is 5. The fraction of sp³-hybridized carbons (Fsp3) is 0.250. The molecule has 0 bridgehead atoms. The van der Waals surface area contributed by atoms with Crippen molar-refractivity contribution in [1.82, 2.24) is 19.6 Å². The molecule has 0 atom stereocenters. The molecule has 3 heterocycles. The Balaban J connectivity index is 1.55. The van der Waals surface area contributed by atoms with Crippen LogP contribution in [0.25, 0.3) is 28.0 Å². The molecule has 0 unspecified atom stereocenters. The maximum Gasteiger partial charge on any atom is 0.137 e. The van der Waals surface area contributed by atoms with Crippen molar-refractivity contribution in [2.24, 2.45) is 0 Å². The van der Waals surface area contributed by atoms with Crippen molar-refractivity contribution in [1.29, 1.82) is 10.5 Å². The number of nitriles is 2. The molecule has 4 aromatic rings. The number of benzene rings is 2. The first-order valence-corrected chi connectivity index (χ1v) is 11.7. The summed E-state index contributed by atoms with van der Waals surface area (Å²) in [7, 11) is 0. The maximum absolute atomic E-state index is 9.19. The summed E-state index contributed by atoms with van der Waals surface area (Å²) in [5, 5.41) is 21.8. The Kier molecular flexibility index (Phi) is 6.35. The number of imidazole rings is 1. The van der Waals surface area contributed by atoms with E-state index in [0.717, 1.165) is 67.2 Å². The Morgan fingerprint density at radius 2 is 1.47 bits per heavy atom. The van der Waals surface area contributed by atoms with E-state index in [4.69, 9.17) is 10.2 Å². The Bertz CT molecular complexity index is 1360. The molecule has 6 nitrogen and oxygen atoms in total. The summed E-state index contributed by atoms with van der Waals surface area (Å²) < 4.78 is 2.21. The number of aromatic nitrogens is 2. The van der Waals surface area contributed by atoms with Gasteiger partial charge in [0.2, 0.25) is 0 Å². The molecular weight excluding hydrogens is 420 g/mol. The van der Waals surface area contributed by atoms with Gasteiger partial charge in [-0.1, -0.05) is 24.3 Å². The van der Waals surface area contributed by atoms with Gasteiger partial charge in [-0.25, -0.2) is 4.98 Å². The fourth-order valence-electron chi connectivity index (χ4n) is 4.56. The Labute approximate surface area is 199 Å². The van der Waals surface area contributed by atoms with Crippen molar-refractivity contribution < 1.29 is 0 Å². The van der Waals surface area contributed by atoms with E-state index in [-0.39, 0.29) is 0 Å². The van der Waals surface area contributed by atoms with E-state index in [0.29, 0.717) is 11.1 Å². The van der Waals surface area contributed by atoms with Crippen LogP contribution < -0.4 is 5.32 Å². The average Bonchev–Trinajstić information content (AvgIpc) is 3.05. The number of nitrogens with one attached hydrogen (secondary N) is 1. The van der Waals surface area contributed by atoms with Crippen LogP contribution in [0.5, 0.6) is 0 Å². The molecule has 0 amide bonds. The van der Waals surface area contributed by atoms with Crippen LogP contribution in [0.4, 0.5) is 0 Å². The molecule has 2 aromatic carbocycles. The average molecular weight is 447 g/mol. The third kappa shape index (κ3) is 4.56. The van der Waals surface area contributed by atoms with Crippen molar-refractivity contribution in [3.05, 3.63) is 83.7 Å². The van der Waals surface area contributed by atoms with Crippen LogP contribution in [0.1, 0.15) is 23.2 Å². The molecule has 1 aliphatic rings. The molecule has 1 N–H and O–H groups in total. The number of hydrogen-bond acceptors (Lipinski definition) is 5. The highest BCUT2D eigenvalue weighted by Crippen LogP contribution is 2.28. The Morgan fingerprint density at radius 1 is 0.794 bits per heavy atom. The van der Waals surface area contributed by atoms with Crippen LogP contribution in [0.2, 0.25) is 0 Å². The largest absolute Gasteiger partial charge is 0.315 e. The van der Waals surface area contributed by atoms with Crippen LogP contribution in [0.3, 0.4) is 0 Å². The van der Waals surface area contributed by atoms with Crippen molar-refractivity contribution in [3.8, 4) is 34.5 Å². The molecule has 1 saturated heterocycles. The number of nitrogens with zero attached hydrogens (tertiary/aromatic N) is 5. The molecule has 168 valence electrons. The van der Waals surface area contributed by atoms with Crippen molar-refractivity contribution in [2.75, 3.05) is 32.7 Å². The molecule has 6 heteroatoms. The summed E-state index contributed by atoms with van der Waals surface area (Å²) in [6, 6.07) is 23.9. The quantitative estimate of drug-likeness (QED) is 0.496. The van der Waals surface area contributed by atoms with Crippen LogP contribution in [0, 0.1) is 22.7 Å². The molecule has 2 aromatic heterocycles. The lowest BCUT2D eigenvalue weighted by molar-refractivity contribution is 0.295. The van der Waals surface area contributed by atoms with Crippen molar-refractivity contribution >= 4 is 5.65 Å². The monoisotopic (exact) mass is 446 g/mol. The Morgan fingerprint density at radius 3 is 2.18 bits per heavy atom. The molecule has 1 fully saturated rings. The lowest BCUT2D eigenvalue weighted by atomic mass is 10.1. The highest BCUT2D eigenvalue weighted by atomic mass is 15.2. The molecule has 0 radical (unpaired) electrons. The molecule has 5 rings (SSSR count). The Hall–Kier alpha value is -3.97. The van der Waals surface area contributed by atoms with E-state index >= 15 is 0 Å². The second-order valence-corrected chi connectivity index (χ2v) is 8.63. The van der Waals surface area contributed by atoms with Gasteiger partial charge in [-0.15, -0.1) is 0 Å². The maximum atomic E-state index is 9.19. The lowest BCUT2D eigenvalue weighted by Crippen LogP contribution is -2.30. The van der Waals surface area contributed by atoms with E-state index in [1.165, 1.54) is 12.1 Å². The van der Waals surface area contributed by atoms with Crippen molar-refractivity contribution in [3.63, 3.8) is 0 Å². The number of hydrogen-bond donors (Lipinski definition) is 1. The molecule has 0 aliphatic carbocycles. The zero-order valence-corrected chi connectivity index (χ0v) is 19.0. The molecule has 0 saturated carbocycles. The summed E-state index contributed by atoms with van der Waals surface area (Å²) in [4.78, 5) is 7.51. The predicted octanol–water partition coefficient (Wildman–Crippen LogP) is 4.25. The van der Waals surface area contributed by atoms with Crippen LogP contribution in [-0.4, -0.2) is 47.0 Å². The first-order valence-electron chi connectivity index (χ1n) is 11.7. The minimum atomic E-state index is 0.647. The van der Waals surface area contributed by atoms with Gasteiger partial charge in [0.05, 0.1) is 34.7 Å². The van der Waals surface area contributed by atoms with Gasteiger partial charge >= 0.3 is 0 Å². The van der Waals surface area contributed by atoms with E-state index in [2.05, 4.69) is 45.1 Å². The van der Waals surface area contributed by atoms with Crippen LogP contribution in [-0.2, 0) is 6.42 Å². The summed E-state index contributed by atoms with van der Waals surface area (Å²) in [5.41, 5.74) is 7.53. The highest BCUT2D eigenvalue weighted by molar-refractivity contribution is 5.71. The molecular formula is C28H26N6. The van der Waals surface area contributed by atoms with Gasteiger partial charge in [-0.2, -0.15) is 10.5 Å². The second kappa shape index (κ2) is 9.89. The number of pyridine rings is 1. The van der Waals surface area contributed by atoms with E-state index in [9.17, 15) is 5.26 Å². The standard InChI is InChI=1S/C28H26N6/c29-18-21-2-6-23(7-3-21)25-10-11-27-32-28(24-8-4-22(19-30)5-9-24)26(34(27)20-25)12-16-33-15-1-13-31-14-17-33/h2-11,20,31H,1,12-17H2. The topological polar surface area (TPSA) is 80.1 Å². The molecule has 1 aliphatic heterocycles. The van der Waals surface area contributed by atoms with Gasteiger partial charge in [-0.05, 0) is 67.0 Å². The van der Waals surface area contributed by atoms with Gasteiger partial charge in [0.25, 0.3) is 0 Å². The number of fused-ring (bicyclic) bond motifs is 1. The smallest absolute Gasteiger partial charge is 0.137 e. The van der Waals surface area contributed by atoms with Crippen LogP contribution >= 0.6 is 0 Å². The highest BCUT2D eigenvalue weighted by Gasteiger charge is 2.17. The molecule has 0 spiro atoms. The minimum absolute atomic E-state index is 0.647. The predicted molar refractivity (Wildman–Crippen MR) is 133 cm³/mol. The fourth-order valence-corrected chi connectivity index (χ4v) is 4.56.